The van der Waals surface area contributed by atoms with Crippen LogP contribution in [-0.4, -0.2) is 59.7 Å². The van der Waals surface area contributed by atoms with Gasteiger partial charge in [-0.25, -0.2) is 17.3 Å². The van der Waals surface area contributed by atoms with Crippen molar-refractivity contribution in [1.82, 2.24) is 14.6 Å². The molecule has 0 saturated carbocycles. The highest BCUT2D eigenvalue weighted by atomic mass is 32.2. The highest BCUT2D eigenvalue weighted by molar-refractivity contribution is 7.90. The lowest BCUT2D eigenvalue weighted by atomic mass is 9.99. The second-order valence-electron chi connectivity index (χ2n) is 9.97. The van der Waals surface area contributed by atoms with Gasteiger partial charge in [0, 0.05) is 29.8 Å². The van der Waals surface area contributed by atoms with Crippen LogP contribution in [0, 0.1) is 5.82 Å². The molecule has 10 nitrogen and oxygen atoms in total. The molecule has 15 heteroatoms. The van der Waals surface area contributed by atoms with Gasteiger partial charge in [-0.05, 0) is 59.7 Å². The first kappa shape index (κ1) is 31.4. The van der Waals surface area contributed by atoms with Crippen molar-refractivity contribution in [3.8, 4) is 16.9 Å². The van der Waals surface area contributed by atoms with Gasteiger partial charge < -0.3 is 20.5 Å². The Bertz CT molecular complexity index is 1950. The van der Waals surface area contributed by atoms with E-state index in [1.807, 2.05) is 0 Å². The number of ether oxygens (including phenoxy) is 1. The second kappa shape index (κ2) is 12.5. The van der Waals surface area contributed by atoms with Crippen molar-refractivity contribution in [3.05, 3.63) is 96.4 Å². The van der Waals surface area contributed by atoms with Gasteiger partial charge in [-0.3, -0.25) is 4.79 Å². The van der Waals surface area contributed by atoms with Crippen molar-refractivity contribution < 1.29 is 40.6 Å². The Balaban J connectivity index is 1.32. The minimum atomic E-state index is -4.65. The molecular formula is C30H25F4N5O5S. The molecule has 1 unspecified atom stereocenters. The topological polar surface area (TPSA) is 135 Å². The minimum absolute atomic E-state index is 0.0220. The number of alkyl halides is 3. The number of hydrogen-bond acceptors (Lipinski definition) is 8. The molecule has 234 valence electrons. The van der Waals surface area contributed by atoms with Gasteiger partial charge in [0.25, 0.3) is 0 Å². The van der Waals surface area contributed by atoms with Crippen molar-refractivity contribution in [2.75, 3.05) is 30.1 Å². The number of nitrogens with one attached hydrogen (secondary N) is 2. The summed E-state index contributed by atoms with van der Waals surface area (Å²) in [5, 5.41) is 19.6. The molecule has 0 bridgehead atoms. The number of carbonyl (C=O) groups excluding carboxylic acids is 1. The number of fused-ring (bicyclic) bond motifs is 1. The maximum atomic E-state index is 13.2. The van der Waals surface area contributed by atoms with Crippen LogP contribution in [0.5, 0.6) is 5.75 Å². The van der Waals surface area contributed by atoms with E-state index in [1.165, 1.54) is 40.9 Å². The number of pyridine rings is 1. The predicted molar refractivity (Wildman–Crippen MR) is 158 cm³/mol. The van der Waals surface area contributed by atoms with Gasteiger partial charge in [0.15, 0.2) is 22.1 Å². The Kier molecular flexibility index (Phi) is 8.75. The highest BCUT2D eigenvalue weighted by Gasteiger charge is 2.29. The zero-order chi connectivity index (χ0) is 32.4. The second-order valence-corrected chi connectivity index (χ2v) is 12.0. The molecule has 5 rings (SSSR count). The number of carbonyl (C=O) groups is 1. The van der Waals surface area contributed by atoms with Gasteiger partial charge in [-0.1, -0.05) is 24.3 Å². The smallest absolute Gasteiger partial charge is 0.422 e. The third-order valence-corrected chi connectivity index (χ3v) is 7.72. The van der Waals surface area contributed by atoms with Crippen LogP contribution in [0.2, 0.25) is 0 Å². The molecule has 1 amide bonds. The molecule has 0 spiro atoms. The molecule has 2 heterocycles. The number of benzene rings is 3. The zero-order valence-electron chi connectivity index (χ0n) is 23.4. The van der Waals surface area contributed by atoms with Crippen LogP contribution in [0.15, 0.2) is 90.0 Å². The van der Waals surface area contributed by atoms with E-state index in [2.05, 4.69) is 20.7 Å². The highest BCUT2D eigenvalue weighted by Crippen LogP contribution is 2.32. The Morgan fingerprint density at radius 2 is 1.69 bits per heavy atom. The van der Waals surface area contributed by atoms with E-state index in [1.54, 1.807) is 42.6 Å². The number of aliphatic hydroxyl groups excluding tert-OH is 1. The Morgan fingerprint density at radius 3 is 2.33 bits per heavy atom. The molecule has 0 saturated heterocycles. The van der Waals surface area contributed by atoms with E-state index >= 15 is 0 Å². The van der Waals surface area contributed by atoms with Crippen LogP contribution in [0.1, 0.15) is 11.5 Å². The number of sulfone groups is 1. The lowest BCUT2D eigenvalue weighted by molar-refractivity contribution is -0.153. The third kappa shape index (κ3) is 7.74. The fourth-order valence-electron chi connectivity index (χ4n) is 4.35. The largest absolute Gasteiger partial charge is 0.482 e. The zero-order valence-corrected chi connectivity index (χ0v) is 24.2. The first-order valence-corrected chi connectivity index (χ1v) is 15.1. The van der Waals surface area contributed by atoms with Crippen molar-refractivity contribution in [2.24, 2.45) is 0 Å². The maximum Gasteiger partial charge on any atom is 0.422 e. The summed E-state index contributed by atoms with van der Waals surface area (Å²) in [4.78, 5) is 16.9. The van der Waals surface area contributed by atoms with Gasteiger partial charge in [0.1, 0.15) is 11.6 Å². The SMILES string of the molecule is CS(=O)(=O)c1ccc(Nc2nc3ccc(-c4ccc(NC(=O)C(CO)c5ccc(F)cc5)cc4)cn3n2)c(OCC(F)(F)F)c1. The number of aromatic nitrogens is 3. The number of amides is 1. The molecule has 3 N–H and O–H groups in total. The van der Waals surface area contributed by atoms with E-state index < -0.39 is 46.9 Å². The summed E-state index contributed by atoms with van der Waals surface area (Å²) in [6.07, 6.45) is -2.05. The average Bonchev–Trinajstić information content (AvgIpc) is 3.39. The molecule has 0 aliphatic carbocycles. The van der Waals surface area contributed by atoms with Gasteiger partial charge in [0.2, 0.25) is 11.9 Å². The van der Waals surface area contributed by atoms with Gasteiger partial charge in [0.05, 0.1) is 23.1 Å². The summed E-state index contributed by atoms with van der Waals surface area (Å²) in [6.45, 7) is -2.09. The minimum Gasteiger partial charge on any atom is -0.482 e. The monoisotopic (exact) mass is 643 g/mol. The quantitative estimate of drug-likeness (QED) is 0.174. The summed E-state index contributed by atoms with van der Waals surface area (Å²) in [5.41, 5.74) is 2.87. The maximum absolute atomic E-state index is 13.2. The molecule has 2 aromatic heterocycles. The van der Waals surface area contributed by atoms with E-state index in [4.69, 9.17) is 4.74 Å². The standard InChI is InChI=1S/C30H25F4N5O5S/c1-45(42,43)23-11-12-25(26(14-23)44-17-30(32,33)34)36-29-37-27-13-6-20(15-39(27)38-29)18-4-9-22(10-5-18)35-28(41)24(16-40)19-2-7-21(31)8-3-19/h2-15,24,40H,16-17H2,1H3,(H,35,41)(H,36,38). The number of hydrogen-bond donors (Lipinski definition) is 3. The average molecular weight is 644 g/mol. The molecular weight excluding hydrogens is 618 g/mol. The summed E-state index contributed by atoms with van der Waals surface area (Å²) in [7, 11) is -3.71. The van der Waals surface area contributed by atoms with Crippen LogP contribution < -0.4 is 15.4 Å². The third-order valence-electron chi connectivity index (χ3n) is 6.61. The van der Waals surface area contributed by atoms with E-state index in [0.29, 0.717) is 16.9 Å². The van der Waals surface area contributed by atoms with Crippen molar-refractivity contribution in [3.63, 3.8) is 0 Å². The predicted octanol–water partition coefficient (Wildman–Crippen LogP) is 5.34. The fraction of sp³-hybridized carbons (Fsp3) is 0.167. The molecule has 0 radical (unpaired) electrons. The number of aliphatic hydroxyl groups is 1. The molecule has 1 atom stereocenters. The normalized spacial score (nSPS) is 12.6. The number of nitrogens with zero attached hydrogens (tertiary/aromatic N) is 3. The first-order chi connectivity index (χ1) is 21.3. The van der Waals surface area contributed by atoms with Crippen LogP contribution in [0.25, 0.3) is 16.8 Å². The van der Waals surface area contributed by atoms with Crippen LogP contribution in [0.4, 0.5) is 34.9 Å². The molecule has 0 aliphatic rings. The van der Waals surface area contributed by atoms with Crippen LogP contribution in [-0.2, 0) is 14.6 Å². The Morgan fingerprint density at radius 1 is 1.00 bits per heavy atom. The summed E-state index contributed by atoms with van der Waals surface area (Å²) < 4.78 is 81.9. The van der Waals surface area contributed by atoms with E-state index in [-0.39, 0.29) is 22.3 Å². The number of anilines is 3. The van der Waals surface area contributed by atoms with Crippen molar-refractivity contribution in [2.45, 2.75) is 17.0 Å². The molecule has 45 heavy (non-hydrogen) atoms. The molecule has 0 aliphatic heterocycles. The van der Waals surface area contributed by atoms with Gasteiger partial charge >= 0.3 is 6.18 Å². The van der Waals surface area contributed by atoms with E-state index in [9.17, 15) is 35.9 Å². The van der Waals surface area contributed by atoms with Crippen LogP contribution in [0.3, 0.4) is 0 Å². The number of halogens is 4. The Hall–Kier alpha value is -5.02. The van der Waals surface area contributed by atoms with Crippen molar-refractivity contribution in [1.29, 1.82) is 0 Å². The summed E-state index contributed by atoms with van der Waals surface area (Å²) in [5.74, 6) is -2.11. The van der Waals surface area contributed by atoms with Gasteiger partial charge in [-0.15, -0.1) is 5.10 Å². The van der Waals surface area contributed by atoms with Crippen molar-refractivity contribution >= 4 is 38.7 Å². The summed E-state index contributed by atoms with van der Waals surface area (Å²) in [6, 6.07) is 19.1. The van der Waals surface area contributed by atoms with E-state index in [0.717, 1.165) is 23.4 Å². The van der Waals surface area contributed by atoms with Crippen LogP contribution >= 0.6 is 0 Å². The number of rotatable bonds is 10. The summed E-state index contributed by atoms with van der Waals surface area (Å²) >= 11 is 0. The molecule has 5 aromatic rings. The molecule has 0 fully saturated rings. The fourth-order valence-corrected chi connectivity index (χ4v) is 4.99. The first-order valence-electron chi connectivity index (χ1n) is 13.2. The molecule has 3 aromatic carbocycles. The Labute approximate surface area is 254 Å². The lowest BCUT2D eigenvalue weighted by Crippen LogP contribution is -2.23. The van der Waals surface area contributed by atoms with Gasteiger partial charge in [-0.2, -0.15) is 18.2 Å². The lowest BCUT2D eigenvalue weighted by Gasteiger charge is -2.15.